The summed E-state index contributed by atoms with van der Waals surface area (Å²) in [6.45, 7) is 1.32. The Bertz CT molecular complexity index is 932. The van der Waals surface area contributed by atoms with Crippen LogP contribution in [-0.2, 0) is 0 Å². The third-order valence-corrected chi connectivity index (χ3v) is 5.17. The summed E-state index contributed by atoms with van der Waals surface area (Å²) in [6, 6.07) is 11.7. The standard InChI is InChI=1S/C19H19ClFN3OS.ClH/c1-23(2)10-5-11-24(18(25)13-6-3-7-14(20)12-13)19-22-17-15(21)8-4-9-16(17)26-19;/h3-4,6-9,12H,5,10-11H2,1-2H3;1H. The van der Waals surface area contributed by atoms with E-state index in [1.54, 1.807) is 41.3 Å². The maximum Gasteiger partial charge on any atom is 0.260 e. The quantitative estimate of drug-likeness (QED) is 0.548. The van der Waals surface area contributed by atoms with Crippen LogP contribution < -0.4 is 4.90 Å². The van der Waals surface area contributed by atoms with E-state index < -0.39 is 0 Å². The van der Waals surface area contributed by atoms with E-state index in [4.69, 9.17) is 11.6 Å². The highest BCUT2D eigenvalue weighted by Crippen LogP contribution is 2.31. The summed E-state index contributed by atoms with van der Waals surface area (Å²) >= 11 is 7.34. The SMILES string of the molecule is CN(C)CCCN(C(=O)c1cccc(Cl)c1)c1nc2c(F)cccc2s1.Cl. The summed E-state index contributed by atoms with van der Waals surface area (Å²) in [5, 5.41) is 0.994. The van der Waals surface area contributed by atoms with E-state index in [1.807, 2.05) is 14.1 Å². The summed E-state index contributed by atoms with van der Waals surface area (Å²) in [5.74, 6) is -0.570. The largest absolute Gasteiger partial charge is 0.309 e. The van der Waals surface area contributed by atoms with Crippen LogP contribution in [0.3, 0.4) is 0 Å². The topological polar surface area (TPSA) is 36.4 Å². The first-order valence-electron chi connectivity index (χ1n) is 8.23. The van der Waals surface area contributed by atoms with E-state index in [0.29, 0.717) is 27.8 Å². The molecule has 27 heavy (non-hydrogen) atoms. The molecule has 1 heterocycles. The first kappa shape index (κ1) is 21.6. The van der Waals surface area contributed by atoms with Crippen molar-refractivity contribution in [2.75, 3.05) is 32.1 Å². The van der Waals surface area contributed by atoms with Crippen molar-refractivity contribution in [3.8, 4) is 0 Å². The van der Waals surface area contributed by atoms with Crippen molar-refractivity contribution in [3.05, 3.63) is 58.9 Å². The van der Waals surface area contributed by atoms with E-state index in [1.165, 1.54) is 17.4 Å². The molecule has 0 aliphatic carbocycles. The molecule has 0 aliphatic rings. The number of para-hydroxylation sites is 1. The molecule has 3 aromatic rings. The number of hydrogen-bond donors (Lipinski definition) is 0. The Hall–Kier alpha value is -1.73. The lowest BCUT2D eigenvalue weighted by Crippen LogP contribution is -2.33. The van der Waals surface area contributed by atoms with Gasteiger partial charge in [-0.3, -0.25) is 9.69 Å². The molecule has 144 valence electrons. The smallest absolute Gasteiger partial charge is 0.260 e. The van der Waals surface area contributed by atoms with Crippen LogP contribution in [0.4, 0.5) is 9.52 Å². The van der Waals surface area contributed by atoms with Crippen LogP contribution in [-0.4, -0.2) is 43.0 Å². The summed E-state index contributed by atoms with van der Waals surface area (Å²) < 4.78 is 14.7. The van der Waals surface area contributed by atoms with Gasteiger partial charge in [0.1, 0.15) is 11.3 Å². The maximum atomic E-state index is 14.0. The molecular formula is C19H20Cl2FN3OS. The lowest BCUT2D eigenvalue weighted by Gasteiger charge is -2.21. The zero-order chi connectivity index (χ0) is 18.7. The molecular weight excluding hydrogens is 408 g/mol. The van der Waals surface area contributed by atoms with Crippen molar-refractivity contribution in [1.29, 1.82) is 0 Å². The van der Waals surface area contributed by atoms with E-state index in [-0.39, 0.29) is 24.1 Å². The van der Waals surface area contributed by atoms with Crippen LogP contribution >= 0.6 is 35.3 Å². The fourth-order valence-corrected chi connectivity index (χ4v) is 3.82. The van der Waals surface area contributed by atoms with Gasteiger partial charge in [0.15, 0.2) is 5.13 Å². The monoisotopic (exact) mass is 427 g/mol. The predicted molar refractivity (Wildman–Crippen MR) is 113 cm³/mol. The summed E-state index contributed by atoms with van der Waals surface area (Å²) in [6.07, 6.45) is 0.776. The van der Waals surface area contributed by atoms with Gasteiger partial charge in [-0.1, -0.05) is 35.1 Å². The van der Waals surface area contributed by atoms with Crippen molar-refractivity contribution in [3.63, 3.8) is 0 Å². The molecule has 4 nitrogen and oxygen atoms in total. The molecule has 0 unspecified atom stereocenters. The molecule has 2 aromatic carbocycles. The van der Waals surface area contributed by atoms with Gasteiger partial charge >= 0.3 is 0 Å². The average molecular weight is 428 g/mol. The number of rotatable bonds is 6. The third-order valence-electron chi connectivity index (χ3n) is 3.89. The number of thiazole rings is 1. The third kappa shape index (κ3) is 5.17. The minimum absolute atomic E-state index is 0. The van der Waals surface area contributed by atoms with E-state index in [2.05, 4.69) is 9.88 Å². The van der Waals surface area contributed by atoms with Gasteiger partial charge in [-0.2, -0.15) is 0 Å². The van der Waals surface area contributed by atoms with E-state index >= 15 is 0 Å². The molecule has 1 amide bonds. The molecule has 1 aromatic heterocycles. The second-order valence-corrected chi connectivity index (χ2v) is 7.65. The number of carbonyl (C=O) groups excluding carboxylic acids is 1. The normalized spacial score (nSPS) is 10.9. The molecule has 0 saturated heterocycles. The number of fused-ring (bicyclic) bond motifs is 1. The molecule has 0 N–H and O–H groups in total. The van der Waals surface area contributed by atoms with Gasteiger partial charge in [0.2, 0.25) is 0 Å². The van der Waals surface area contributed by atoms with Gasteiger partial charge in [0, 0.05) is 17.1 Å². The number of anilines is 1. The van der Waals surface area contributed by atoms with Crippen molar-refractivity contribution in [2.24, 2.45) is 0 Å². The first-order valence-corrected chi connectivity index (χ1v) is 9.42. The number of aromatic nitrogens is 1. The maximum absolute atomic E-state index is 14.0. The van der Waals surface area contributed by atoms with Gasteiger partial charge in [-0.05, 0) is 57.4 Å². The first-order chi connectivity index (χ1) is 12.5. The van der Waals surface area contributed by atoms with Crippen LogP contribution in [0.15, 0.2) is 42.5 Å². The molecule has 0 radical (unpaired) electrons. The molecule has 0 atom stereocenters. The van der Waals surface area contributed by atoms with Crippen LogP contribution in [0, 0.1) is 5.82 Å². The van der Waals surface area contributed by atoms with Crippen molar-refractivity contribution in [1.82, 2.24) is 9.88 Å². The minimum Gasteiger partial charge on any atom is -0.309 e. The summed E-state index contributed by atoms with van der Waals surface area (Å²) in [7, 11) is 3.96. The van der Waals surface area contributed by atoms with Gasteiger partial charge in [0.05, 0.1) is 4.70 Å². The number of benzene rings is 2. The summed E-state index contributed by atoms with van der Waals surface area (Å²) in [4.78, 5) is 21.1. The highest BCUT2D eigenvalue weighted by Gasteiger charge is 2.22. The van der Waals surface area contributed by atoms with Gasteiger partial charge in [-0.25, -0.2) is 9.37 Å². The number of amides is 1. The molecule has 0 spiro atoms. The highest BCUT2D eigenvalue weighted by atomic mass is 35.5. The van der Waals surface area contributed by atoms with Crippen LogP contribution in [0.5, 0.6) is 0 Å². The second kappa shape index (κ2) is 9.46. The molecule has 0 bridgehead atoms. The van der Waals surface area contributed by atoms with E-state index in [9.17, 15) is 9.18 Å². The molecule has 0 saturated carbocycles. The number of nitrogens with zero attached hydrogens (tertiary/aromatic N) is 3. The Labute approximate surface area is 173 Å². The van der Waals surface area contributed by atoms with Crippen molar-refractivity contribution >= 4 is 56.6 Å². The van der Waals surface area contributed by atoms with Gasteiger partial charge in [-0.15, -0.1) is 12.4 Å². The Morgan fingerprint density at radius 2 is 1.93 bits per heavy atom. The zero-order valence-corrected chi connectivity index (χ0v) is 17.4. The fraction of sp³-hybridized carbons (Fsp3) is 0.263. The Kier molecular flexibility index (Phi) is 7.56. The van der Waals surface area contributed by atoms with Crippen LogP contribution in [0.2, 0.25) is 5.02 Å². The summed E-state index contributed by atoms with van der Waals surface area (Å²) in [5.41, 5.74) is 0.783. The lowest BCUT2D eigenvalue weighted by atomic mass is 10.2. The highest BCUT2D eigenvalue weighted by molar-refractivity contribution is 7.22. The Morgan fingerprint density at radius 1 is 1.19 bits per heavy atom. The molecule has 3 rings (SSSR count). The van der Waals surface area contributed by atoms with E-state index in [0.717, 1.165) is 17.7 Å². The molecule has 0 aliphatic heterocycles. The van der Waals surface area contributed by atoms with Crippen LogP contribution in [0.25, 0.3) is 10.2 Å². The predicted octanol–water partition coefficient (Wildman–Crippen LogP) is 5.11. The number of carbonyl (C=O) groups is 1. The lowest BCUT2D eigenvalue weighted by molar-refractivity contribution is 0.0986. The molecule has 8 heteroatoms. The fourth-order valence-electron chi connectivity index (χ4n) is 2.63. The zero-order valence-electron chi connectivity index (χ0n) is 15.0. The Balaban J connectivity index is 0.00000261. The van der Waals surface area contributed by atoms with Crippen LogP contribution in [0.1, 0.15) is 16.8 Å². The van der Waals surface area contributed by atoms with Gasteiger partial charge < -0.3 is 4.90 Å². The minimum atomic E-state index is -0.381. The number of hydrogen-bond acceptors (Lipinski definition) is 4. The molecule has 0 fully saturated rings. The average Bonchev–Trinajstić information content (AvgIpc) is 3.03. The Morgan fingerprint density at radius 3 is 2.59 bits per heavy atom. The van der Waals surface area contributed by atoms with Crippen molar-refractivity contribution in [2.45, 2.75) is 6.42 Å². The van der Waals surface area contributed by atoms with Gasteiger partial charge in [0.25, 0.3) is 5.91 Å². The number of halogens is 3. The van der Waals surface area contributed by atoms with Crippen molar-refractivity contribution < 1.29 is 9.18 Å². The second-order valence-electron chi connectivity index (χ2n) is 6.21.